The highest BCUT2D eigenvalue weighted by Gasteiger charge is 2.25. The smallest absolute Gasteiger partial charge is 0.150 e. The van der Waals surface area contributed by atoms with Gasteiger partial charge in [-0.3, -0.25) is 0 Å². The lowest BCUT2D eigenvalue weighted by molar-refractivity contribution is 0.378. The molecule has 1 rings (SSSR count). The van der Waals surface area contributed by atoms with Crippen LogP contribution in [0.15, 0.2) is 0 Å². The molecule has 1 saturated heterocycles. The number of nitriles is 1. The summed E-state index contributed by atoms with van der Waals surface area (Å²) >= 11 is 0. The molecule has 0 unspecified atom stereocenters. The van der Waals surface area contributed by atoms with Gasteiger partial charge in [0, 0.05) is 13.1 Å². The largest absolute Gasteiger partial charge is 0.316 e. The Hall–Kier alpha value is -0.600. The third-order valence-electron chi connectivity index (χ3n) is 2.92. The van der Waals surface area contributed by atoms with Crippen molar-refractivity contribution in [3.05, 3.63) is 0 Å². The molecule has 0 spiro atoms. The third-order valence-corrected chi connectivity index (χ3v) is 4.81. The zero-order valence-electron chi connectivity index (χ0n) is 9.99. The van der Waals surface area contributed by atoms with E-state index in [2.05, 4.69) is 11.4 Å². The maximum atomic E-state index is 11.7. The van der Waals surface area contributed by atoms with Gasteiger partial charge in [-0.05, 0) is 32.6 Å². The van der Waals surface area contributed by atoms with Crippen molar-refractivity contribution in [1.82, 2.24) is 5.32 Å². The van der Waals surface area contributed by atoms with E-state index in [9.17, 15) is 8.42 Å². The van der Waals surface area contributed by atoms with Gasteiger partial charge in [0.25, 0.3) is 0 Å². The summed E-state index contributed by atoms with van der Waals surface area (Å²) in [4.78, 5) is 0. The van der Waals surface area contributed by atoms with Crippen LogP contribution < -0.4 is 5.32 Å². The lowest BCUT2D eigenvalue weighted by atomic mass is 9.90. The van der Waals surface area contributed by atoms with E-state index in [4.69, 9.17) is 5.26 Å². The predicted molar refractivity (Wildman–Crippen MR) is 63.6 cm³/mol. The molecule has 16 heavy (non-hydrogen) atoms. The molecule has 0 aromatic heterocycles. The zero-order valence-corrected chi connectivity index (χ0v) is 10.8. The highest BCUT2D eigenvalue weighted by Crippen LogP contribution is 2.21. The van der Waals surface area contributed by atoms with Gasteiger partial charge in [-0.1, -0.05) is 0 Å². The molecule has 0 aliphatic carbocycles. The molecule has 0 amide bonds. The normalized spacial score (nSPS) is 17.8. The van der Waals surface area contributed by atoms with Crippen molar-refractivity contribution < 1.29 is 8.42 Å². The first kappa shape index (κ1) is 13.5. The first-order valence-electron chi connectivity index (χ1n) is 5.67. The van der Waals surface area contributed by atoms with Crippen molar-refractivity contribution in [2.24, 2.45) is 11.3 Å². The molecule has 4 nitrogen and oxygen atoms in total. The van der Waals surface area contributed by atoms with Crippen LogP contribution >= 0.6 is 0 Å². The predicted octanol–water partition coefficient (Wildman–Crippen LogP) is 0.951. The summed E-state index contributed by atoms with van der Waals surface area (Å²) in [6.07, 6.45) is 1.23. The van der Waals surface area contributed by atoms with Crippen LogP contribution in [0.3, 0.4) is 0 Å². The summed E-state index contributed by atoms with van der Waals surface area (Å²) in [7, 11) is -2.92. The van der Waals surface area contributed by atoms with Gasteiger partial charge >= 0.3 is 0 Å². The molecule has 0 aromatic carbocycles. The van der Waals surface area contributed by atoms with Gasteiger partial charge in [-0.2, -0.15) is 5.26 Å². The molecule has 0 saturated carbocycles. The molecule has 1 N–H and O–H groups in total. The summed E-state index contributed by atoms with van der Waals surface area (Å²) in [6.45, 7) is 5.33. The van der Waals surface area contributed by atoms with Gasteiger partial charge in [-0.15, -0.1) is 0 Å². The summed E-state index contributed by atoms with van der Waals surface area (Å²) in [5, 5.41) is 11.9. The summed E-state index contributed by atoms with van der Waals surface area (Å²) in [5.41, 5.74) is -0.409. The van der Waals surface area contributed by atoms with Gasteiger partial charge < -0.3 is 5.32 Å². The Morgan fingerprint density at radius 3 is 2.50 bits per heavy atom. The lowest BCUT2D eigenvalue weighted by Gasteiger charge is -2.26. The number of rotatable bonds is 6. The molecule has 5 heteroatoms. The Balaban J connectivity index is 2.28. The van der Waals surface area contributed by atoms with Crippen molar-refractivity contribution in [2.75, 3.05) is 24.6 Å². The highest BCUT2D eigenvalue weighted by atomic mass is 32.2. The molecule has 92 valence electrons. The van der Waals surface area contributed by atoms with E-state index in [1.807, 2.05) is 13.8 Å². The zero-order chi connectivity index (χ0) is 12.2. The average molecular weight is 244 g/mol. The van der Waals surface area contributed by atoms with Crippen molar-refractivity contribution in [3.8, 4) is 6.07 Å². The van der Waals surface area contributed by atoms with E-state index in [1.165, 1.54) is 0 Å². The van der Waals surface area contributed by atoms with Crippen molar-refractivity contribution in [3.63, 3.8) is 0 Å². The van der Waals surface area contributed by atoms with Crippen LogP contribution in [0.4, 0.5) is 0 Å². The number of hydrogen-bond acceptors (Lipinski definition) is 4. The van der Waals surface area contributed by atoms with Crippen LogP contribution in [0.1, 0.15) is 26.7 Å². The van der Waals surface area contributed by atoms with Gasteiger partial charge in [0.2, 0.25) is 0 Å². The number of nitrogens with zero attached hydrogens (tertiary/aromatic N) is 1. The monoisotopic (exact) mass is 244 g/mol. The van der Waals surface area contributed by atoms with E-state index < -0.39 is 15.3 Å². The van der Waals surface area contributed by atoms with E-state index >= 15 is 0 Å². The molecule has 1 aliphatic heterocycles. The van der Waals surface area contributed by atoms with Gasteiger partial charge in [-0.25, -0.2) is 8.42 Å². The van der Waals surface area contributed by atoms with Crippen LogP contribution in [0.5, 0.6) is 0 Å². The second-order valence-corrected chi connectivity index (χ2v) is 7.47. The Morgan fingerprint density at radius 1 is 1.44 bits per heavy atom. The number of sulfone groups is 1. The van der Waals surface area contributed by atoms with Gasteiger partial charge in [0.05, 0.1) is 23.0 Å². The molecule has 1 fully saturated rings. The maximum absolute atomic E-state index is 11.7. The Bertz CT molecular complexity index is 364. The second-order valence-electron chi connectivity index (χ2n) is 5.24. The first-order valence-corrected chi connectivity index (χ1v) is 7.49. The van der Waals surface area contributed by atoms with Crippen LogP contribution in [0, 0.1) is 22.7 Å². The third kappa shape index (κ3) is 4.50. The molecular formula is C11H20N2O2S. The fraction of sp³-hybridized carbons (Fsp3) is 0.909. The second kappa shape index (κ2) is 5.15. The van der Waals surface area contributed by atoms with E-state index in [1.54, 1.807) is 0 Å². The molecule has 1 heterocycles. The number of nitrogens with one attached hydrogen (secondary N) is 1. The van der Waals surface area contributed by atoms with E-state index in [0.29, 0.717) is 24.5 Å². The molecule has 0 radical (unpaired) electrons. The van der Waals surface area contributed by atoms with Crippen LogP contribution in [-0.4, -0.2) is 33.0 Å². The molecule has 1 aliphatic rings. The topological polar surface area (TPSA) is 70.0 Å². The SMILES string of the molecule is CC(C)(C#N)CCCS(=O)(=O)CC1CNC1. The quantitative estimate of drug-likeness (QED) is 0.755. The summed E-state index contributed by atoms with van der Waals surface area (Å²) in [5.74, 6) is 0.815. The maximum Gasteiger partial charge on any atom is 0.150 e. The molecule has 0 bridgehead atoms. The van der Waals surface area contributed by atoms with Crippen LogP contribution in [-0.2, 0) is 9.84 Å². The standard InChI is InChI=1S/C11H20N2O2S/c1-11(2,9-12)4-3-5-16(14,15)8-10-6-13-7-10/h10,13H,3-8H2,1-2H3. The van der Waals surface area contributed by atoms with Gasteiger partial charge in [0.1, 0.15) is 0 Å². The average Bonchev–Trinajstić information content (AvgIpc) is 2.11. The summed E-state index contributed by atoms with van der Waals surface area (Å²) in [6, 6.07) is 2.19. The van der Waals surface area contributed by atoms with Crippen LogP contribution in [0.2, 0.25) is 0 Å². The fourth-order valence-electron chi connectivity index (χ4n) is 1.70. The minimum Gasteiger partial charge on any atom is -0.316 e. The molecular weight excluding hydrogens is 224 g/mol. The Morgan fingerprint density at radius 2 is 2.06 bits per heavy atom. The fourth-order valence-corrected chi connectivity index (χ4v) is 3.40. The molecule has 0 aromatic rings. The minimum atomic E-state index is -2.92. The molecule has 0 atom stereocenters. The van der Waals surface area contributed by atoms with E-state index in [0.717, 1.165) is 13.1 Å². The highest BCUT2D eigenvalue weighted by molar-refractivity contribution is 7.91. The van der Waals surface area contributed by atoms with Crippen LogP contribution in [0.25, 0.3) is 0 Å². The lowest BCUT2D eigenvalue weighted by Crippen LogP contribution is -2.45. The minimum absolute atomic E-state index is 0.217. The number of hydrogen-bond donors (Lipinski definition) is 1. The van der Waals surface area contributed by atoms with Crippen molar-refractivity contribution in [1.29, 1.82) is 5.26 Å². The van der Waals surface area contributed by atoms with Crippen molar-refractivity contribution >= 4 is 9.84 Å². The first-order chi connectivity index (χ1) is 7.35. The van der Waals surface area contributed by atoms with E-state index in [-0.39, 0.29) is 5.75 Å². The van der Waals surface area contributed by atoms with Gasteiger partial charge in [0.15, 0.2) is 9.84 Å². The van der Waals surface area contributed by atoms with Crippen molar-refractivity contribution in [2.45, 2.75) is 26.7 Å². The summed E-state index contributed by atoms with van der Waals surface area (Å²) < 4.78 is 23.4. The Labute approximate surface area is 98.0 Å². The Kier molecular flexibility index (Phi) is 4.34.